The van der Waals surface area contributed by atoms with E-state index in [-0.39, 0.29) is 11.5 Å². The summed E-state index contributed by atoms with van der Waals surface area (Å²) in [5.74, 6) is -0.659. The van der Waals surface area contributed by atoms with Gasteiger partial charge in [0.25, 0.3) is 5.91 Å². The highest BCUT2D eigenvalue weighted by molar-refractivity contribution is 6.06. The first-order valence-electron chi connectivity index (χ1n) is 8.57. The van der Waals surface area contributed by atoms with E-state index in [1.54, 1.807) is 30.5 Å². The molecule has 6 nitrogen and oxygen atoms in total. The number of carbonyl (C=O) groups is 2. The number of hydrogen-bond acceptors (Lipinski definition) is 4. The molecular weight excluding hydrogens is 340 g/mol. The van der Waals surface area contributed by atoms with Gasteiger partial charge in [0.05, 0.1) is 0 Å². The molecule has 2 N–H and O–H groups in total. The predicted octanol–water partition coefficient (Wildman–Crippen LogP) is 3.83. The summed E-state index contributed by atoms with van der Waals surface area (Å²) in [6, 6.07) is 16.5. The molecule has 2 rings (SSSR count). The second-order valence-corrected chi connectivity index (χ2v) is 5.99. The van der Waals surface area contributed by atoms with Crippen LogP contribution in [0.15, 0.2) is 60.3 Å². The van der Waals surface area contributed by atoms with Gasteiger partial charge in [-0.2, -0.15) is 5.26 Å². The molecule has 0 heterocycles. The zero-order valence-corrected chi connectivity index (χ0v) is 15.6. The molecule has 0 atom stereocenters. The molecular formula is C21H22N4O2. The van der Waals surface area contributed by atoms with Crippen molar-refractivity contribution in [3.63, 3.8) is 0 Å². The average Bonchev–Trinajstić information content (AvgIpc) is 2.64. The zero-order chi connectivity index (χ0) is 19.8. The predicted molar refractivity (Wildman–Crippen MR) is 107 cm³/mol. The Morgan fingerprint density at radius 3 is 2.26 bits per heavy atom. The van der Waals surface area contributed by atoms with E-state index >= 15 is 0 Å². The number of aryl methyl sites for hydroxylation is 1. The van der Waals surface area contributed by atoms with E-state index in [4.69, 9.17) is 0 Å². The van der Waals surface area contributed by atoms with Gasteiger partial charge in [0, 0.05) is 36.7 Å². The lowest BCUT2D eigenvalue weighted by Crippen LogP contribution is -2.20. The molecule has 0 aliphatic carbocycles. The Hall–Kier alpha value is -3.59. The number of benzene rings is 2. The Morgan fingerprint density at radius 2 is 1.74 bits per heavy atom. The Labute approximate surface area is 159 Å². The van der Waals surface area contributed by atoms with Gasteiger partial charge < -0.3 is 15.5 Å². The van der Waals surface area contributed by atoms with E-state index in [1.807, 2.05) is 49.1 Å². The number of rotatable bonds is 6. The molecule has 2 amide bonds. The summed E-state index contributed by atoms with van der Waals surface area (Å²) < 4.78 is 0. The van der Waals surface area contributed by atoms with Crippen LogP contribution in [0.1, 0.15) is 19.4 Å². The van der Waals surface area contributed by atoms with Crippen LogP contribution in [-0.4, -0.2) is 18.4 Å². The third kappa shape index (κ3) is 5.72. The average molecular weight is 362 g/mol. The second kappa shape index (κ2) is 9.20. The molecule has 0 bridgehead atoms. The largest absolute Gasteiger partial charge is 0.347 e. The molecule has 6 heteroatoms. The summed E-state index contributed by atoms with van der Waals surface area (Å²) in [6.45, 7) is 5.98. The van der Waals surface area contributed by atoms with Gasteiger partial charge in [-0.15, -0.1) is 0 Å². The van der Waals surface area contributed by atoms with E-state index < -0.39 is 5.91 Å². The van der Waals surface area contributed by atoms with Crippen molar-refractivity contribution in [1.29, 1.82) is 5.26 Å². The quantitative estimate of drug-likeness (QED) is 0.604. The van der Waals surface area contributed by atoms with E-state index in [0.29, 0.717) is 17.9 Å². The minimum Gasteiger partial charge on any atom is -0.347 e. The van der Waals surface area contributed by atoms with Crippen LogP contribution in [0.4, 0.5) is 17.1 Å². The number of carbonyl (C=O) groups excluding carboxylic acids is 2. The molecule has 2 aromatic carbocycles. The number of nitrogens with zero attached hydrogens (tertiary/aromatic N) is 2. The van der Waals surface area contributed by atoms with Gasteiger partial charge in [-0.05, 0) is 55.8 Å². The summed E-state index contributed by atoms with van der Waals surface area (Å²) in [5, 5.41) is 14.8. The number of anilines is 3. The highest BCUT2D eigenvalue weighted by Crippen LogP contribution is 2.18. The third-order valence-corrected chi connectivity index (χ3v) is 3.79. The minimum atomic E-state index is -0.490. The van der Waals surface area contributed by atoms with Crippen molar-refractivity contribution in [2.75, 3.05) is 22.1 Å². The van der Waals surface area contributed by atoms with Crippen LogP contribution >= 0.6 is 0 Å². The SMILES string of the molecule is CCN(/C=C(/C#N)C(=O)Nc1ccc(NC(C)=O)cc1)c1cccc(C)c1. The van der Waals surface area contributed by atoms with Gasteiger partial charge >= 0.3 is 0 Å². The van der Waals surface area contributed by atoms with Crippen molar-refractivity contribution >= 4 is 28.9 Å². The molecule has 0 aliphatic rings. The van der Waals surface area contributed by atoms with Crippen LogP contribution in [0.5, 0.6) is 0 Å². The first-order chi connectivity index (χ1) is 12.9. The fourth-order valence-corrected chi connectivity index (χ4v) is 2.49. The molecule has 0 aromatic heterocycles. The molecule has 0 unspecified atom stereocenters. The second-order valence-electron chi connectivity index (χ2n) is 5.99. The van der Waals surface area contributed by atoms with Gasteiger partial charge in [-0.25, -0.2) is 0 Å². The normalized spacial score (nSPS) is 10.7. The molecule has 27 heavy (non-hydrogen) atoms. The van der Waals surface area contributed by atoms with E-state index in [1.165, 1.54) is 6.92 Å². The van der Waals surface area contributed by atoms with Crippen LogP contribution in [0.25, 0.3) is 0 Å². The molecule has 0 aliphatic heterocycles. The highest BCUT2D eigenvalue weighted by atomic mass is 16.2. The number of hydrogen-bond donors (Lipinski definition) is 2. The van der Waals surface area contributed by atoms with Gasteiger partial charge in [0.2, 0.25) is 5.91 Å². The maximum absolute atomic E-state index is 12.5. The smallest absolute Gasteiger partial charge is 0.267 e. The summed E-state index contributed by atoms with van der Waals surface area (Å²) in [6.07, 6.45) is 1.55. The van der Waals surface area contributed by atoms with Crippen LogP contribution in [0, 0.1) is 18.3 Å². The number of nitriles is 1. The molecule has 0 saturated heterocycles. The first-order valence-corrected chi connectivity index (χ1v) is 8.57. The summed E-state index contributed by atoms with van der Waals surface area (Å²) in [5.41, 5.74) is 3.19. The molecule has 0 spiro atoms. The monoisotopic (exact) mass is 362 g/mol. The molecule has 138 valence electrons. The van der Waals surface area contributed by atoms with Gasteiger partial charge in [0.1, 0.15) is 11.6 Å². The summed E-state index contributed by atoms with van der Waals surface area (Å²) in [7, 11) is 0. The Bertz CT molecular complexity index is 895. The summed E-state index contributed by atoms with van der Waals surface area (Å²) in [4.78, 5) is 25.4. The Morgan fingerprint density at radius 1 is 1.11 bits per heavy atom. The fraction of sp³-hybridized carbons (Fsp3) is 0.190. The highest BCUT2D eigenvalue weighted by Gasteiger charge is 2.12. The number of nitrogens with one attached hydrogen (secondary N) is 2. The van der Waals surface area contributed by atoms with Gasteiger partial charge in [0.15, 0.2) is 0 Å². The summed E-state index contributed by atoms with van der Waals surface area (Å²) >= 11 is 0. The fourth-order valence-electron chi connectivity index (χ4n) is 2.49. The van der Waals surface area contributed by atoms with Crippen LogP contribution in [-0.2, 0) is 9.59 Å². The van der Waals surface area contributed by atoms with Crippen molar-refractivity contribution in [2.24, 2.45) is 0 Å². The van der Waals surface area contributed by atoms with Crippen LogP contribution in [0.2, 0.25) is 0 Å². The lowest BCUT2D eigenvalue weighted by atomic mass is 10.2. The molecule has 0 radical (unpaired) electrons. The van der Waals surface area contributed by atoms with E-state index in [2.05, 4.69) is 10.6 Å². The third-order valence-electron chi connectivity index (χ3n) is 3.79. The Balaban J connectivity index is 2.15. The lowest BCUT2D eigenvalue weighted by molar-refractivity contribution is -0.114. The van der Waals surface area contributed by atoms with Gasteiger partial charge in [-0.3, -0.25) is 9.59 Å². The van der Waals surface area contributed by atoms with E-state index in [0.717, 1.165) is 11.3 Å². The van der Waals surface area contributed by atoms with Crippen molar-refractivity contribution in [2.45, 2.75) is 20.8 Å². The van der Waals surface area contributed by atoms with Crippen LogP contribution in [0.3, 0.4) is 0 Å². The van der Waals surface area contributed by atoms with Crippen molar-refractivity contribution in [3.05, 3.63) is 65.9 Å². The molecule has 2 aromatic rings. The molecule has 0 fully saturated rings. The Kier molecular flexibility index (Phi) is 6.73. The number of amides is 2. The van der Waals surface area contributed by atoms with Gasteiger partial charge in [-0.1, -0.05) is 12.1 Å². The topological polar surface area (TPSA) is 85.2 Å². The zero-order valence-electron chi connectivity index (χ0n) is 15.6. The van der Waals surface area contributed by atoms with E-state index in [9.17, 15) is 14.9 Å². The lowest BCUT2D eigenvalue weighted by Gasteiger charge is -2.19. The standard InChI is InChI=1S/C21H22N4O2/c1-4-25(20-7-5-6-15(2)12-20)14-17(13-22)21(27)24-19-10-8-18(9-11-19)23-16(3)26/h5-12,14H,4H2,1-3H3,(H,23,26)(H,24,27)/b17-14-. The minimum absolute atomic E-state index is 0.00398. The van der Waals surface area contributed by atoms with Crippen molar-refractivity contribution in [3.8, 4) is 6.07 Å². The van der Waals surface area contributed by atoms with Crippen molar-refractivity contribution in [1.82, 2.24) is 0 Å². The van der Waals surface area contributed by atoms with Crippen LogP contribution < -0.4 is 15.5 Å². The molecule has 0 saturated carbocycles. The first kappa shape index (κ1) is 19.7. The maximum Gasteiger partial charge on any atom is 0.267 e. The van der Waals surface area contributed by atoms with Crippen molar-refractivity contribution < 1.29 is 9.59 Å². The maximum atomic E-state index is 12.5.